The monoisotopic (exact) mass is 388 g/mol. The van der Waals surface area contributed by atoms with Crippen LogP contribution in [-0.2, 0) is 16.1 Å². The van der Waals surface area contributed by atoms with E-state index >= 15 is 0 Å². The van der Waals surface area contributed by atoms with E-state index in [-0.39, 0.29) is 18.4 Å². The molecule has 0 heterocycles. The van der Waals surface area contributed by atoms with Crippen molar-refractivity contribution in [2.24, 2.45) is 0 Å². The van der Waals surface area contributed by atoms with Gasteiger partial charge in [0.2, 0.25) is 5.91 Å². The van der Waals surface area contributed by atoms with Crippen LogP contribution in [-0.4, -0.2) is 35.9 Å². The van der Waals surface area contributed by atoms with Gasteiger partial charge in [-0.3, -0.25) is 9.59 Å². The zero-order chi connectivity index (χ0) is 19.8. The predicted molar refractivity (Wildman–Crippen MR) is 107 cm³/mol. The Bertz CT molecular complexity index is 777. The number of nitrogens with one attached hydrogen (secondary N) is 1. The van der Waals surface area contributed by atoms with E-state index in [1.807, 2.05) is 38.1 Å². The van der Waals surface area contributed by atoms with E-state index in [1.165, 1.54) is 4.90 Å². The van der Waals surface area contributed by atoms with Crippen LogP contribution in [0.2, 0.25) is 5.02 Å². The summed E-state index contributed by atoms with van der Waals surface area (Å²) in [5.41, 5.74) is 2.08. The number of rotatable bonds is 8. The van der Waals surface area contributed by atoms with Gasteiger partial charge in [-0.2, -0.15) is 0 Å². The first kappa shape index (κ1) is 20.8. The van der Waals surface area contributed by atoms with E-state index in [4.69, 9.17) is 16.3 Å². The molecule has 5 nitrogen and oxygen atoms in total. The number of amides is 2. The number of halogens is 1. The summed E-state index contributed by atoms with van der Waals surface area (Å²) in [6.07, 6.45) is 0. The quantitative estimate of drug-likeness (QED) is 0.751. The minimum absolute atomic E-state index is 0.195. The van der Waals surface area contributed by atoms with Gasteiger partial charge in [0.05, 0.1) is 5.02 Å². The Morgan fingerprint density at radius 3 is 2.44 bits per heavy atom. The zero-order valence-corrected chi connectivity index (χ0v) is 16.6. The first-order valence-electron chi connectivity index (χ1n) is 8.92. The molecule has 144 valence electrons. The number of ether oxygens (including phenoxy) is 1. The summed E-state index contributed by atoms with van der Waals surface area (Å²) < 4.78 is 5.57. The maximum Gasteiger partial charge on any atom is 0.261 e. The Morgan fingerprint density at radius 2 is 1.81 bits per heavy atom. The minimum Gasteiger partial charge on any atom is -0.482 e. The summed E-state index contributed by atoms with van der Waals surface area (Å²) >= 11 is 6.07. The average molecular weight is 389 g/mol. The maximum atomic E-state index is 12.8. The van der Waals surface area contributed by atoms with Crippen LogP contribution in [0, 0.1) is 6.92 Å². The summed E-state index contributed by atoms with van der Waals surface area (Å²) in [5.74, 6) is -0.0431. The van der Waals surface area contributed by atoms with Crippen molar-refractivity contribution in [3.05, 3.63) is 64.7 Å². The Labute approximate surface area is 165 Å². The number of para-hydroxylation sites is 1. The number of nitrogens with zero attached hydrogens (tertiary/aromatic N) is 1. The smallest absolute Gasteiger partial charge is 0.261 e. The van der Waals surface area contributed by atoms with Crippen molar-refractivity contribution in [1.82, 2.24) is 10.2 Å². The standard InChI is InChI=1S/C21H25ClN2O3/c1-4-23-21(26)16(3)24(13-17-11-9-15(2)10-12-17)20(25)14-27-19-8-6-5-7-18(19)22/h5-12,16H,4,13-14H2,1-3H3,(H,23,26). The van der Waals surface area contributed by atoms with Crippen molar-refractivity contribution in [1.29, 1.82) is 0 Å². The second-order valence-electron chi connectivity index (χ2n) is 6.30. The van der Waals surface area contributed by atoms with Gasteiger partial charge < -0.3 is 15.0 Å². The van der Waals surface area contributed by atoms with Gasteiger partial charge >= 0.3 is 0 Å². The fourth-order valence-electron chi connectivity index (χ4n) is 2.58. The lowest BCUT2D eigenvalue weighted by Gasteiger charge is -2.28. The maximum absolute atomic E-state index is 12.8. The molecule has 0 radical (unpaired) electrons. The molecule has 1 N–H and O–H groups in total. The number of benzene rings is 2. The van der Waals surface area contributed by atoms with Gasteiger partial charge in [-0.1, -0.05) is 53.6 Å². The van der Waals surface area contributed by atoms with Gasteiger partial charge in [0.15, 0.2) is 6.61 Å². The molecular weight excluding hydrogens is 364 g/mol. The van der Waals surface area contributed by atoms with E-state index < -0.39 is 6.04 Å². The third-order valence-corrected chi connectivity index (χ3v) is 4.49. The molecule has 0 aliphatic heterocycles. The van der Waals surface area contributed by atoms with E-state index in [1.54, 1.807) is 31.2 Å². The molecule has 0 aromatic heterocycles. The topological polar surface area (TPSA) is 58.6 Å². The van der Waals surface area contributed by atoms with E-state index in [0.29, 0.717) is 23.9 Å². The van der Waals surface area contributed by atoms with Crippen LogP contribution in [0.4, 0.5) is 0 Å². The molecular formula is C21H25ClN2O3. The zero-order valence-electron chi connectivity index (χ0n) is 15.9. The van der Waals surface area contributed by atoms with Crippen molar-refractivity contribution in [2.45, 2.75) is 33.4 Å². The lowest BCUT2D eigenvalue weighted by atomic mass is 10.1. The molecule has 1 unspecified atom stereocenters. The summed E-state index contributed by atoms with van der Waals surface area (Å²) in [6, 6.07) is 14.2. The van der Waals surface area contributed by atoms with Gasteiger partial charge in [0.1, 0.15) is 11.8 Å². The molecule has 0 bridgehead atoms. The fraction of sp³-hybridized carbons (Fsp3) is 0.333. The summed E-state index contributed by atoms with van der Waals surface area (Å²) in [5, 5.41) is 3.20. The number of aryl methyl sites for hydroxylation is 1. The van der Waals surface area contributed by atoms with Crippen LogP contribution in [0.1, 0.15) is 25.0 Å². The molecule has 0 saturated carbocycles. The molecule has 2 amide bonds. The first-order valence-corrected chi connectivity index (χ1v) is 9.30. The molecule has 0 saturated heterocycles. The van der Waals surface area contributed by atoms with Crippen LogP contribution in [0.25, 0.3) is 0 Å². The number of carbonyl (C=O) groups is 2. The third kappa shape index (κ3) is 6.00. The highest BCUT2D eigenvalue weighted by atomic mass is 35.5. The summed E-state index contributed by atoms with van der Waals surface area (Å²) in [6.45, 7) is 6.19. The molecule has 0 fully saturated rings. The lowest BCUT2D eigenvalue weighted by Crippen LogP contribution is -2.49. The van der Waals surface area contributed by atoms with Gasteiger partial charge in [0.25, 0.3) is 5.91 Å². The normalized spacial score (nSPS) is 11.6. The molecule has 6 heteroatoms. The molecule has 0 aliphatic carbocycles. The van der Waals surface area contributed by atoms with Crippen molar-refractivity contribution in [2.75, 3.05) is 13.2 Å². The van der Waals surface area contributed by atoms with Crippen molar-refractivity contribution in [3.63, 3.8) is 0 Å². The highest BCUT2D eigenvalue weighted by Crippen LogP contribution is 2.23. The van der Waals surface area contributed by atoms with Gasteiger partial charge in [-0.25, -0.2) is 0 Å². The molecule has 2 aromatic carbocycles. The SMILES string of the molecule is CCNC(=O)C(C)N(Cc1ccc(C)cc1)C(=O)COc1ccccc1Cl. The van der Waals surface area contributed by atoms with E-state index in [0.717, 1.165) is 11.1 Å². The van der Waals surface area contributed by atoms with Crippen LogP contribution in [0.15, 0.2) is 48.5 Å². The predicted octanol–water partition coefficient (Wildman–Crippen LogP) is 3.58. The van der Waals surface area contributed by atoms with Gasteiger partial charge in [-0.15, -0.1) is 0 Å². The van der Waals surface area contributed by atoms with Gasteiger partial charge in [-0.05, 0) is 38.5 Å². The Balaban J connectivity index is 2.14. The van der Waals surface area contributed by atoms with E-state index in [9.17, 15) is 9.59 Å². The van der Waals surface area contributed by atoms with Crippen LogP contribution in [0.5, 0.6) is 5.75 Å². The van der Waals surface area contributed by atoms with Crippen molar-refractivity contribution in [3.8, 4) is 5.75 Å². The molecule has 1 atom stereocenters. The molecule has 2 rings (SSSR count). The van der Waals surface area contributed by atoms with Crippen LogP contribution < -0.4 is 10.1 Å². The Morgan fingerprint density at radius 1 is 1.15 bits per heavy atom. The van der Waals surface area contributed by atoms with Crippen molar-refractivity contribution < 1.29 is 14.3 Å². The van der Waals surface area contributed by atoms with Crippen LogP contribution >= 0.6 is 11.6 Å². The van der Waals surface area contributed by atoms with E-state index in [2.05, 4.69) is 5.32 Å². The number of hydrogen-bond donors (Lipinski definition) is 1. The molecule has 0 spiro atoms. The Hall–Kier alpha value is -2.53. The number of carbonyl (C=O) groups excluding carboxylic acids is 2. The highest BCUT2D eigenvalue weighted by Gasteiger charge is 2.26. The first-order chi connectivity index (χ1) is 12.9. The molecule has 2 aromatic rings. The summed E-state index contributed by atoms with van der Waals surface area (Å²) in [7, 11) is 0. The van der Waals surface area contributed by atoms with Crippen molar-refractivity contribution >= 4 is 23.4 Å². The highest BCUT2D eigenvalue weighted by molar-refractivity contribution is 6.32. The van der Waals surface area contributed by atoms with Gasteiger partial charge in [0, 0.05) is 13.1 Å². The molecule has 27 heavy (non-hydrogen) atoms. The second kappa shape index (κ2) is 9.97. The summed E-state index contributed by atoms with van der Waals surface area (Å²) in [4.78, 5) is 26.6. The fourth-order valence-corrected chi connectivity index (χ4v) is 2.77. The number of likely N-dealkylation sites (N-methyl/N-ethyl adjacent to an activating group) is 1. The molecule has 0 aliphatic rings. The minimum atomic E-state index is -0.617. The lowest BCUT2D eigenvalue weighted by molar-refractivity contribution is -0.142. The second-order valence-corrected chi connectivity index (χ2v) is 6.70. The largest absolute Gasteiger partial charge is 0.482 e. The Kier molecular flexibility index (Phi) is 7.67. The third-order valence-electron chi connectivity index (χ3n) is 4.18. The average Bonchev–Trinajstić information content (AvgIpc) is 2.66. The number of hydrogen-bond acceptors (Lipinski definition) is 3. The van der Waals surface area contributed by atoms with Crippen LogP contribution in [0.3, 0.4) is 0 Å².